The van der Waals surface area contributed by atoms with Crippen molar-refractivity contribution in [3.63, 3.8) is 0 Å². The Kier molecular flexibility index (Phi) is 6.95. The number of hydrogen-bond donors (Lipinski definition) is 1. The van der Waals surface area contributed by atoms with Crippen molar-refractivity contribution in [2.45, 2.75) is 32.4 Å². The smallest absolute Gasteiger partial charge is 0.387 e. The summed E-state index contributed by atoms with van der Waals surface area (Å²) in [7, 11) is 0. The first-order valence-corrected chi connectivity index (χ1v) is 9.00. The largest absolute Gasteiger partial charge is 0.506 e. The van der Waals surface area contributed by atoms with Gasteiger partial charge in [0.15, 0.2) is 5.75 Å². The SMILES string of the molecule is CCOC(=O)/C(C=NC1CC1)=C(/O)c1ccc(Br)c(OC(F)F)c1Br. The Balaban J connectivity index is 2.50. The molecular formula is C16H15Br2F2NO4. The molecule has 1 aliphatic rings. The topological polar surface area (TPSA) is 68.1 Å². The van der Waals surface area contributed by atoms with Crippen LogP contribution >= 0.6 is 31.9 Å². The number of alkyl halides is 2. The molecule has 0 bridgehead atoms. The molecule has 136 valence electrons. The molecule has 0 spiro atoms. The van der Waals surface area contributed by atoms with E-state index in [2.05, 4.69) is 41.6 Å². The molecule has 1 fully saturated rings. The lowest BCUT2D eigenvalue weighted by Gasteiger charge is -2.14. The Labute approximate surface area is 160 Å². The zero-order valence-electron chi connectivity index (χ0n) is 13.1. The number of hydrogen-bond acceptors (Lipinski definition) is 5. The fraction of sp³-hybridized carbons (Fsp3) is 0.375. The fourth-order valence-electron chi connectivity index (χ4n) is 1.88. The van der Waals surface area contributed by atoms with Crippen molar-refractivity contribution in [1.29, 1.82) is 0 Å². The van der Waals surface area contributed by atoms with Gasteiger partial charge in [0.05, 0.1) is 21.6 Å². The summed E-state index contributed by atoms with van der Waals surface area (Å²) in [5.74, 6) is -1.39. The molecule has 1 aliphatic carbocycles. The first-order chi connectivity index (χ1) is 11.8. The van der Waals surface area contributed by atoms with Gasteiger partial charge in [-0.05, 0) is 63.8 Å². The van der Waals surface area contributed by atoms with E-state index in [1.807, 2.05) is 0 Å². The fourth-order valence-corrected chi connectivity index (χ4v) is 3.20. The number of aliphatic hydroxyl groups is 1. The van der Waals surface area contributed by atoms with E-state index >= 15 is 0 Å². The summed E-state index contributed by atoms with van der Waals surface area (Å²) in [4.78, 5) is 16.3. The second-order valence-corrected chi connectivity index (χ2v) is 6.76. The van der Waals surface area contributed by atoms with Gasteiger partial charge in [0, 0.05) is 11.8 Å². The van der Waals surface area contributed by atoms with Crippen molar-refractivity contribution in [3.8, 4) is 5.75 Å². The van der Waals surface area contributed by atoms with Crippen LogP contribution in [0.25, 0.3) is 5.76 Å². The average molecular weight is 483 g/mol. The van der Waals surface area contributed by atoms with Crippen molar-refractivity contribution >= 4 is 49.8 Å². The molecule has 1 aromatic carbocycles. The van der Waals surface area contributed by atoms with Crippen LogP contribution in [-0.4, -0.2) is 36.6 Å². The molecule has 0 unspecified atom stereocenters. The van der Waals surface area contributed by atoms with E-state index < -0.39 is 18.3 Å². The summed E-state index contributed by atoms with van der Waals surface area (Å²) in [5, 5.41) is 10.5. The maximum absolute atomic E-state index is 12.6. The van der Waals surface area contributed by atoms with Crippen LogP contribution in [0.4, 0.5) is 8.78 Å². The van der Waals surface area contributed by atoms with Gasteiger partial charge in [0.25, 0.3) is 0 Å². The molecule has 0 saturated heterocycles. The lowest BCUT2D eigenvalue weighted by Crippen LogP contribution is -2.12. The molecule has 0 aliphatic heterocycles. The number of carbonyl (C=O) groups is 1. The molecule has 5 nitrogen and oxygen atoms in total. The van der Waals surface area contributed by atoms with E-state index in [0.29, 0.717) is 0 Å². The van der Waals surface area contributed by atoms with E-state index in [1.165, 1.54) is 18.3 Å². The minimum atomic E-state index is -3.05. The summed E-state index contributed by atoms with van der Waals surface area (Å²) >= 11 is 6.23. The number of aliphatic imine (C=N–C) groups is 1. The molecule has 0 heterocycles. The summed E-state index contributed by atoms with van der Waals surface area (Å²) in [6.45, 7) is -1.29. The van der Waals surface area contributed by atoms with Gasteiger partial charge >= 0.3 is 12.6 Å². The number of nitrogens with zero attached hydrogens (tertiary/aromatic N) is 1. The van der Waals surface area contributed by atoms with Gasteiger partial charge in [-0.1, -0.05) is 0 Å². The van der Waals surface area contributed by atoms with Crippen molar-refractivity contribution in [3.05, 3.63) is 32.2 Å². The monoisotopic (exact) mass is 481 g/mol. The Morgan fingerprint density at radius 1 is 1.44 bits per heavy atom. The predicted molar refractivity (Wildman–Crippen MR) is 96.2 cm³/mol. The predicted octanol–water partition coefficient (Wildman–Crippen LogP) is 4.88. The van der Waals surface area contributed by atoms with Crippen LogP contribution in [0, 0.1) is 0 Å². The third-order valence-electron chi connectivity index (χ3n) is 3.22. The van der Waals surface area contributed by atoms with E-state index in [9.17, 15) is 18.7 Å². The van der Waals surface area contributed by atoms with E-state index in [1.54, 1.807) is 6.92 Å². The Morgan fingerprint density at radius 2 is 2.12 bits per heavy atom. The molecule has 0 atom stereocenters. The Morgan fingerprint density at radius 3 is 2.68 bits per heavy atom. The van der Waals surface area contributed by atoms with Crippen molar-refractivity contribution in [1.82, 2.24) is 0 Å². The lowest BCUT2D eigenvalue weighted by molar-refractivity contribution is -0.137. The highest BCUT2D eigenvalue weighted by Gasteiger charge is 2.24. The summed E-state index contributed by atoms with van der Waals surface area (Å²) in [6, 6.07) is 3.00. The summed E-state index contributed by atoms with van der Waals surface area (Å²) in [5.41, 5.74) is -0.0519. The normalized spacial score (nSPS) is 15.4. The van der Waals surface area contributed by atoms with Gasteiger partial charge in [-0.3, -0.25) is 4.99 Å². The first kappa shape index (κ1) is 19.8. The number of carbonyl (C=O) groups excluding carboxylic acids is 1. The molecule has 0 amide bonds. The van der Waals surface area contributed by atoms with Crippen LogP contribution in [0.15, 0.2) is 31.6 Å². The quantitative estimate of drug-likeness (QED) is 0.260. The van der Waals surface area contributed by atoms with Gasteiger partial charge < -0.3 is 14.6 Å². The molecule has 1 N–H and O–H groups in total. The number of rotatable bonds is 7. The Hall–Kier alpha value is -1.48. The van der Waals surface area contributed by atoms with Gasteiger partial charge in [-0.15, -0.1) is 0 Å². The number of esters is 1. The second kappa shape index (κ2) is 8.75. The van der Waals surface area contributed by atoms with Crippen LogP contribution in [0.5, 0.6) is 5.75 Å². The first-order valence-electron chi connectivity index (χ1n) is 7.41. The highest BCUT2D eigenvalue weighted by atomic mass is 79.9. The minimum Gasteiger partial charge on any atom is -0.506 e. The third kappa shape index (κ3) is 5.24. The second-order valence-electron chi connectivity index (χ2n) is 5.11. The molecule has 0 radical (unpaired) electrons. The van der Waals surface area contributed by atoms with Crippen LogP contribution in [0.3, 0.4) is 0 Å². The molecule has 1 aromatic rings. The van der Waals surface area contributed by atoms with Crippen LogP contribution in [0.1, 0.15) is 25.3 Å². The van der Waals surface area contributed by atoms with Gasteiger partial charge in [-0.2, -0.15) is 8.78 Å². The molecule has 0 aromatic heterocycles. The molecule has 1 saturated carbocycles. The zero-order chi connectivity index (χ0) is 18.6. The summed E-state index contributed by atoms with van der Waals surface area (Å²) in [6.07, 6.45) is 3.09. The van der Waals surface area contributed by atoms with Crippen molar-refractivity contribution in [2.24, 2.45) is 4.99 Å². The van der Waals surface area contributed by atoms with Crippen LogP contribution in [0.2, 0.25) is 0 Å². The highest BCUT2D eigenvalue weighted by Crippen LogP contribution is 2.39. The molecule has 9 heteroatoms. The highest BCUT2D eigenvalue weighted by molar-refractivity contribution is 9.11. The maximum atomic E-state index is 12.6. The Bertz CT molecular complexity index is 718. The number of halogens is 4. The lowest BCUT2D eigenvalue weighted by atomic mass is 10.1. The third-order valence-corrected chi connectivity index (χ3v) is 4.63. The van der Waals surface area contributed by atoms with E-state index in [-0.39, 0.29) is 38.5 Å². The minimum absolute atomic E-state index is 0.0706. The number of benzene rings is 1. The summed E-state index contributed by atoms with van der Waals surface area (Å²) < 4.78 is 34.9. The van der Waals surface area contributed by atoms with Crippen molar-refractivity contribution in [2.75, 3.05) is 6.61 Å². The van der Waals surface area contributed by atoms with Crippen LogP contribution in [-0.2, 0) is 9.53 Å². The molecular weight excluding hydrogens is 468 g/mol. The average Bonchev–Trinajstić information content (AvgIpc) is 3.36. The van der Waals surface area contributed by atoms with Gasteiger partial charge in [0.2, 0.25) is 0 Å². The van der Waals surface area contributed by atoms with Crippen LogP contribution < -0.4 is 4.74 Å². The van der Waals surface area contributed by atoms with Gasteiger partial charge in [-0.25, -0.2) is 4.79 Å². The van der Waals surface area contributed by atoms with Gasteiger partial charge in [0.1, 0.15) is 11.3 Å². The number of ether oxygens (including phenoxy) is 2. The molecule has 2 rings (SSSR count). The van der Waals surface area contributed by atoms with Crippen molar-refractivity contribution < 1.29 is 28.2 Å². The number of aliphatic hydroxyl groups excluding tert-OH is 1. The maximum Gasteiger partial charge on any atom is 0.387 e. The zero-order valence-corrected chi connectivity index (χ0v) is 16.3. The molecule has 25 heavy (non-hydrogen) atoms. The standard InChI is InChI=1S/C16H15Br2F2NO4/c1-2-24-15(23)10(7-21-8-3-4-8)13(22)9-5-6-11(17)14(12(9)18)25-16(19)20/h5-8,16,22H,2-4H2,1H3/b13-10+,21-7?. The van der Waals surface area contributed by atoms with E-state index in [0.717, 1.165) is 12.8 Å². The van der Waals surface area contributed by atoms with E-state index in [4.69, 9.17) is 4.74 Å².